The lowest BCUT2D eigenvalue weighted by Crippen LogP contribution is -2.36. The van der Waals surface area contributed by atoms with Crippen LogP contribution in [-0.2, 0) is 14.8 Å². The van der Waals surface area contributed by atoms with Crippen LogP contribution in [-0.4, -0.2) is 38.9 Å². The van der Waals surface area contributed by atoms with Gasteiger partial charge in [-0.2, -0.15) is 0 Å². The fourth-order valence-electron chi connectivity index (χ4n) is 2.02. The van der Waals surface area contributed by atoms with Gasteiger partial charge in [-0.1, -0.05) is 0 Å². The number of amides is 1. The van der Waals surface area contributed by atoms with E-state index in [9.17, 15) is 23.3 Å². The van der Waals surface area contributed by atoms with Crippen molar-refractivity contribution in [2.75, 3.05) is 18.9 Å². The maximum atomic E-state index is 12.3. The molecule has 10 heteroatoms. The van der Waals surface area contributed by atoms with Crippen molar-refractivity contribution in [3.8, 4) is 0 Å². The fourth-order valence-corrected chi connectivity index (χ4v) is 3.49. The largest absolute Gasteiger partial charge is 0.387 e. The third-order valence-electron chi connectivity index (χ3n) is 3.03. The number of nitrogens with one attached hydrogen (secondary N) is 3. The van der Waals surface area contributed by atoms with Gasteiger partial charge < -0.3 is 10.6 Å². The third kappa shape index (κ3) is 3.28. The zero-order chi connectivity index (χ0) is 15.6. The highest BCUT2D eigenvalue weighted by Crippen LogP contribution is 2.26. The van der Waals surface area contributed by atoms with Gasteiger partial charge in [-0.15, -0.1) is 0 Å². The predicted octanol–water partition coefficient (Wildman–Crippen LogP) is -0.197. The lowest BCUT2D eigenvalue weighted by molar-refractivity contribution is -0.385. The second-order valence-corrected chi connectivity index (χ2v) is 6.20. The van der Waals surface area contributed by atoms with Crippen LogP contribution < -0.4 is 15.4 Å². The normalized spacial score (nSPS) is 18.3. The van der Waals surface area contributed by atoms with Crippen LogP contribution in [0.1, 0.15) is 6.42 Å². The van der Waals surface area contributed by atoms with Crippen molar-refractivity contribution in [3.63, 3.8) is 0 Å². The van der Waals surface area contributed by atoms with Crippen LogP contribution in [0.4, 0.5) is 11.4 Å². The number of non-ortho nitro benzene ring substituents is 1. The molecule has 1 fully saturated rings. The number of carbonyl (C=O) groups is 1. The van der Waals surface area contributed by atoms with Gasteiger partial charge in [-0.25, -0.2) is 13.1 Å². The average molecular weight is 314 g/mol. The molecule has 0 bridgehead atoms. The van der Waals surface area contributed by atoms with E-state index in [1.807, 2.05) is 0 Å². The van der Waals surface area contributed by atoms with Gasteiger partial charge in [0.25, 0.3) is 5.69 Å². The number of nitrogens with zero attached hydrogens (tertiary/aromatic N) is 1. The molecular weight excluding hydrogens is 300 g/mol. The molecule has 0 aromatic heterocycles. The summed E-state index contributed by atoms with van der Waals surface area (Å²) in [5.41, 5.74) is -0.0830. The molecule has 21 heavy (non-hydrogen) atoms. The molecule has 1 atom stereocenters. The van der Waals surface area contributed by atoms with Crippen molar-refractivity contribution in [2.24, 2.45) is 0 Å². The van der Waals surface area contributed by atoms with Crippen LogP contribution in [0.25, 0.3) is 0 Å². The summed E-state index contributed by atoms with van der Waals surface area (Å²) >= 11 is 0. The zero-order valence-electron chi connectivity index (χ0n) is 11.1. The number of nitro benzene ring substituents is 1. The molecular formula is C11H14N4O5S. The number of hydrogen-bond acceptors (Lipinski definition) is 6. The summed E-state index contributed by atoms with van der Waals surface area (Å²) in [6.45, 7) is 0.196. The molecule has 0 radical (unpaired) electrons. The fraction of sp³-hybridized carbons (Fsp3) is 0.364. The van der Waals surface area contributed by atoms with Gasteiger partial charge in [0, 0.05) is 38.2 Å². The predicted molar refractivity (Wildman–Crippen MR) is 74.4 cm³/mol. The van der Waals surface area contributed by atoms with E-state index in [4.69, 9.17) is 0 Å². The number of nitro groups is 1. The van der Waals surface area contributed by atoms with Crippen molar-refractivity contribution in [1.82, 2.24) is 10.0 Å². The van der Waals surface area contributed by atoms with Gasteiger partial charge in [0.2, 0.25) is 15.9 Å². The molecule has 1 saturated heterocycles. The molecule has 3 N–H and O–H groups in total. The summed E-state index contributed by atoms with van der Waals surface area (Å²) in [5, 5.41) is 16.0. The lowest BCUT2D eigenvalue weighted by atomic mass is 10.3. The van der Waals surface area contributed by atoms with Crippen LogP contribution in [0.2, 0.25) is 0 Å². The molecule has 1 unspecified atom stereocenters. The lowest BCUT2D eigenvalue weighted by Gasteiger charge is -2.14. The van der Waals surface area contributed by atoms with Crippen LogP contribution >= 0.6 is 0 Å². The number of hydrogen-bond donors (Lipinski definition) is 3. The topological polar surface area (TPSA) is 130 Å². The Bertz CT molecular complexity index is 688. The first-order valence-corrected chi connectivity index (χ1v) is 7.57. The summed E-state index contributed by atoms with van der Waals surface area (Å²) in [7, 11) is -2.46. The van der Waals surface area contributed by atoms with Gasteiger partial charge in [-0.3, -0.25) is 14.9 Å². The van der Waals surface area contributed by atoms with Gasteiger partial charge in [0.15, 0.2) is 0 Å². The van der Waals surface area contributed by atoms with Crippen LogP contribution in [0.3, 0.4) is 0 Å². The average Bonchev–Trinajstić information content (AvgIpc) is 2.82. The maximum absolute atomic E-state index is 12.3. The molecule has 1 heterocycles. The Hall–Kier alpha value is -2.20. The standard InChI is InChI=1S/C11H14N4O5S/c1-12-9-3-2-8(15(17)18)5-10(9)21(19,20)14-7-4-11(16)13-6-7/h2-3,5,7,12,14H,4,6H2,1H3,(H,13,16). The Kier molecular flexibility index (Phi) is 4.09. The number of anilines is 1. The van der Waals surface area contributed by atoms with E-state index in [0.717, 1.165) is 6.07 Å². The van der Waals surface area contributed by atoms with Gasteiger partial charge in [0.1, 0.15) is 4.90 Å². The zero-order valence-corrected chi connectivity index (χ0v) is 11.9. The number of sulfonamides is 1. The highest BCUT2D eigenvalue weighted by atomic mass is 32.2. The highest BCUT2D eigenvalue weighted by Gasteiger charge is 2.29. The van der Waals surface area contributed by atoms with Crippen LogP contribution in [0.5, 0.6) is 0 Å². The van der Waals surface area contributed by atoms with E-state index in [-0.39, 0.29) is 35.1 Å². The van der Waals surface area contributed by atoms with Crippen molar-refractivity contribution < 1.29 is 18.1 Å². The minimum Gasteiger partial charge on any atom is -0.387 e. The van der Waals surface area contributed by atoms with E-state index >= 15 is 0 Å². The second-order valence-electron chi connectivity index (χ2n) is 4.51. The van der Waals surface area contributed by atoms with Gasteiger partial charge in [0.05, 0.1) is 10.6 Å². The summed E-state index contributed by atoms with van der Waals surface area (Å²) in [6, 6.07) is 2.96. The van der Waals surface area contributed by atoms with Crippen molar-refractivity contribution in [2.45, 2.75) is 17.4 Å². The van der Waals surface area contributed by atoms with Crippen LogP contribution in [0, 0.1) is 10.1 Å². The number of rotatable bonds is 5. The molecule has 1 aliphatic rings. The van der Waals surface area contributed by atoms with Gasteiger partial charge >= 0.3 is 0 Å². The monoisotopic (exact) mass is 314 g/mol. The van der Waals surface area contributed by atoms with Crippen molar-refractivity contribution in [3.05, 3.63) is 28.3 Å². The Labute approximate surface area is 120 Å². The Morgan fingerprint density at radius 1 is 1.43 bits per heavy atom. The Balaban J connectivity index is 2.35. The third-order valence-corrected chi connectivity index (χ3v) is 4.59. The summed E-state index contributed by atoms with van der Waals surface area (Å²) in [6.07, 6.45) is 0.0447. The van der Waals surface area contributed by atoms with E-state index in [2.05, 4.69) is 15.4 Å². The summed E-state index contributed by atoms with van der Waals surface area (Å²) in [4.78, 5) is 21.0. The summed E-state index contributed by atoms with van der Waals surface area (Å²) in [5.74, 6) is -0.240. The Morgan fingerprint density at radius 2 is 2.14 bits per heavy atom. The summed E-state index contributed by atoms with van der Waals surface area (Å²) < 4.78 is 27.0. The molecule has 1 aromatic carbocycles. The van der Waals surface area contributed by atoms with Crippen molar-refractivity contribution >= 4 is 27.3 Å². The first kappa shape index (κ1) is 15.2. The molecule has 0 spiro atoms. The maximum Gasteiger partial charge on any atom is 0.270 e. The second kappa shape index (κ2) is 5.66. The molecule has 1 amide bonds. The quantitative estimate of drug-likeness (QED) is 0.510. The van der Waals surface area contributed by atoms with E-state index in [1.54, 1.807) is 0 Å². The molecule has 0 aliphatic carbocycles. The molecule has 1 aliphatic heterocycles. The highest BCUT2D eigenvalue weighted by molar-refractivity contribution is 7.89. The van der Waals surface area contributed by atoms with E-state index in [1.165, 1.54) is 19.2 Å². The first-order valence-electron chi connectivity index (χ1n) is 6.08. The smallest absolute Gasteiger partial charge is 0.270 e. The van der Waals surface area contributed by atoms with Gasteiger partial charge in [-0.05, 0) is 6.07 Å². The van der Waals surface area contributed by atoms with Crippen LogP contribution in [0.15, 0.2) is 23.1 Å². The SMILES string of the molecule is CNc1ccc([N+](=O)[O-])cc1S(=O)(=O)NC1CNC(=O)C1. The number of benzene rings is 1. The molecule has 2 rings (SSSR count). The van der Waals surface area contributed by atoms with Crippen molar-refractivity contribution in [1.29, 1.82) is 0 Å². The Morgan fingerprint density at radius 3 is 2.67 bits per heavy atom. The molecule has 1 aromatic rings. The minimum absolute atomic E-state index is 0.0447. The minimum atomic E-state index is -3.98. The molecule has 114 valence electrons. The van der Waals surface area contributed by atoms with E-state index < -0.39 is 21.0 Å². The molecule has 0 saturated carbocycles. The number of carbonyl (C=O) groups excluding carboxylic acids is 1. The first-order chi connectivity index (χ1) is 9.83. The van der Waals surface area contributed by atoms with E-state index in [0.29, 0.717) is 0 Å². The molecule has 9 nitrogen and oxygen atoms in total.